The van der Waals surface area contributed by atoms with E-state index < -0.39 is 10.2 Å². The summed E-state index contributed by atoms with van der Waals surface area (Å²) in [5.41, 5.74) is 2.58. The Kier molecular flexibility index (Phi) is 5.16. The van der Waals surface area contributed by atoms with Crippen LogP contribution < -0.4 is 0 Å². The first-order chi connectivity index (χ1) is 13.1. The topological polar surface area (TPSA) is 81.3 Å². The van der Waals surface area contributed by atoms with Gasteiger partial charge in [-0.3, -0.25) is 4.90 Å². The molecule has 27 heavy (non-hydrogen) atoms. The highest BCUT2D eigenvalue weighted by Gasteiger charge is 2.33. The van der Waals surface area contributed by atoms with Gasteiger partial charge in [-0.2, -0.15) is 22.3 Å². The lowest BCUT2D eigenvalue weighted by atomic mass is 10.1. The van der Waals surface area contributed by atoms with Crippen LogP contribution in [0.5, 0.6) is 0 Å². The Hall–Kier alpha value is -1.96. The summed E-state index contributed by atoms with van der Waals surface area (Å²) in [5.74, 6) is 0. The molecular formula is C18H23N5O3S. The minimum absolute atomic E-state index is 0.422. The van der Waals surface area contributed by atoms with Gasteiger partial charge >= 0.3 is 0 Å². The first kappa shape index (κ1) is 18.4. The van der Waals surface area contributed by atoms with Gasteiger partial charge in [0.25, 0.3) is 10.2 Å². The van der Waals surface area contributed by atoms with Crippen molar-refractivity contribution >= 4 is 15.7 Å². The number of fused-ring (bicyclic) bond motifs is 1. The van der Waals surface area contributed by atoms with E-state index in [-0.39, 0.29) is 0 Å². The first-order valence-electron chi connectivity index (χ1n) is 9.13. The summed E-state index contributed by atoms with van der Waals surface area (Å²) >= 11 is 0. The number of nitrogens with zero attached hydrogens (tertiary/aromatic N) is 5. The summed E-state index contributed by atoms with van der Waals surface area (Å²) < 4.78 is 35.8. The van der Waals surface area contributed by atoms with Gasteiger partial charge in [0, 0.05) is 63.8 Å². The molecule has 4 heterocycles. The molecule has 0 aliphatic carbocycles. The van der Waals surface area contributed by atoms with Crippen molar-refractivity contribution < 1.29 is 13.2 Å². The van der Waals surface area contributed by atoms with Crippen molar-refractivity contribution in [3.8, 4) is 6.07 Å². The minimum atomic E-state index is -3.41. The van der Waals surface area contributed by atoms with Crippen LogP contribution in [-0.4, -0.2) is 78.8 Å². The summed E-state index contributed by atoms with van der Waals surface area (Å²) in [6, 6.07) is 8.11. The van der Waals surface area contributed by atoms with Crippen molar-refractivity contribution in [2.75, 3.05) is 52.5 Å². The monoisotopic (exact) mass is 389 g/mol. The lowest BCUT2D eigenvalue weighted by Gasteiger charge is -2.37. The molecule has 2 aliphatic rings. The minimum Gasteiger partial charge on any atom is -0.379 e. The van der Waals surface area contributed by atoms with E-state index in [0.717, 1.165) is 11.1 Å². The molecule has 0 spiro atoms. The van der Waals surface area contributed by atoms with Gasteiger partial charge in [-0.15, -0.1) is 0 Å². The summed E-state index contributed by atoms with van der Waals surface area (Å²) in [4.78, 5) is 2.21. The van der Waals surface area contributed by atoms with Crippen molar-refractivity contribution in [2.24, 2.45) is 0 Å². The summed E-state index contributed by atoms with van der Waals surface area (Å²) in [7, 11) is -3.41. The molecule has 0 atom stereocenters. The van der Waals surface area contributed by atoms with E-state index in [1.165, 1.54) is 4.31 Å². The van der Waals surface area contributed by atoms with Crippen LogP contribution in [0.15, 0.2) is 30.6 Å². The van der Waals surface area contributed by atoms with Gasteiger partial charge in [-0.1, -0.05) is 6.07 Å². The lowest BCUT2D eigenvalue weighted by Crippen LogP contribution is -2.54. The molecule has 0 bridgehead atoms. The maximum atomic E-state index is 12.8. The van der Waals surface area contributed by atoms with Crippen molar-refractivity contribution in [1.29, 1.82) is 5.26 Å². The number of nitriles is 1. The van der Waals surface area contributed by atoms with E-state index in [1.807, 2.05) is 35.0 Å². The van der Waals surface area contributed by atoms with Crippen molar-refractivity contribution in [3.05, 3.63) is 41.7 Å². The SMILES string of the molecule is N#Cc1c(CN2CCN(S(=O)(=O)N3CCOCC3)CC2)cn2ccccc12. The zero-order chi connectivity index (χ0) is 18.9. The number of pyridine rings is 1. The standard InChI is InChI=1S/C18H23N5O3S/c19-13-17-16(15-21-4-2-1-3-18(17)21)14-20-5-7-22(8-6-20)27(24,25)23-9-11-26-12-10-23/h1-4,15H,5-12,14H2. The molecule has 0 saturated carbocycles. The first-order valence-corrected chi connectivity index (χ1v) is 10.5. The molecule has 2 fully saturated rings. The zero-order valence-corrected chi connectivity index (χ0v) is 15.9. The van der Waals surface area contributed by atoms with E-state index in [2.05, 4.69) is 11.0 Å². The highest BCUT2D eigenvalue weighted by Crippen LogP contribution is 2.21. The summed E-state index contributed by atoms with van der Waals surface area (Å²) in [6.07, 6.45) is 3.93. The van der Waals surface area contributed by atoms with E-state index in [1.54, 1.807) is 4.31 Å². The predicted octanol–water partition coefficient (Wildman–Crippen LogP) is 0.506. The molecule has 2 aromatic rings. The van der Waals surface area contributed by atoms with Gasteiger partial charge in [0.05, 0.1) is 24.3 Å². The van der Waals surface area contributed by atoms with Crippen molar-refractivity contribution in [2.45, 2.75) is 6.54 Å². The quantitative estimate of drug-likeness (QED) is 0.761. The highest BCUT2D eigenvalue weighted by atomic mass is 32.2. The summed E-state index contributed by atoms with van der Waals surface area (Å²) in [6.45, 7) is 4.65. The maximum Gasteiger partial charge on any atom is 0.282 e. The third kappa shape index (κ3) is 3.59. The fourth-order valence-corrected chi connectivity index (χ4v) is 5.29. The smallest absolute Gasteiger partial charge is 0.282 e. The van der Waals surface area contributed by atoms with Gasteiger partial charge in [-0.25, -0.2) is 0 Å². The number of aromatic nitrogens is 1. The average Bonchev–Trinajstić information content (AvgIpc) is 3.06. The molecule has 8 nitrogen and oxygen atoms in total. The Morgan fingerprint density at radius 2 is 1.74 bits per heavy atom. The Morgan fingerprint density at radius 1 is 1.04 bits per heavy atom. The third-order valence-corrected chi connectivity index (χ3v) is 7.26. The molecule has 144 valence electrons. The molecule has 9 heteroatoms. The van der Waals surface area contributed by atoms with E-state index >= 15 is 0 Å². The molecule has 0 aromatic carbocycles. The van der Waals surface area contributed by atoms with Gasteiger partial charge in [0.2, 0.25) is 0 Å². The Morgan fingerprint density at radius 3 is 2.44 bits per heavy atom. The number of hydrogen-bond acceptors (Lipinski definition) is 5. The second-order valence-corrected chi connectivity index (χ2v) is 8.76. The summed E-state index contributed by atoms with van der Waals surface area (Å²) in [5, 5.41) is 9.54. The van der Waals surface area contributed by atoms with Crippen molar-refractivity contribution in [3.63, 3.8) is 0 Å². The van der Waals surface area contributed by atoms with Crippen LogP contribution in [0.2, 0.25) is 0 Å². The third-order valence-electron chi connectivity index (χ3n) is 5.22. The number of ether oxygens (including phenoxy) is 1. The highest BCUT2D eigenvalue weighted by molar-refractivity contribution is 7.86. The maximum absolute atomic E-state index is 12.8. The van der Waals surface area contributed by atoms with Crippen molar-refractivity contribution in [1.82, 2.24) is 17.9 Å². The predicted molar refractivity (Wildman–Crippen MR) is 100 cm³/mol. The fraction of sp³-hybridized carbons (Fsp3) is 0.500. The van der Waals surface area contributed by atoms with Crippen LogP contribution in [0.25, 0.3) is 5.52 Å². The average molecular weight is 389 g/mol. The molecular weight excluding hydrogens is 366 g/mol. The van der Waals surface area contributed by atoms with E-state index in [4.69, 9.17) is 4.74 Å². The molecule has 4 rings (SSSR count). The van der Waals surface area contributed by atoms with Gasteiger partial charge < -0.3 is 9.14 Å². The number of rotatable bonds is 4. The largest absolute Gasteiger partial charge is 0.379 e. The molecule has 0 radical (unpaired) electrons. The fourth-order valence-electron chi connectivity index (χ4n) is 3.73. The number of morpholine rings is 1. The van der Waals surface area contributed by atoms with Crippen LogP contribution in [0.1, 0.15) is 11.1 Å². The van der Waals surface area contributed by atoms with Crippen LogP contribution in [-0.2, 0) is 21.5 Å². The Balaban J connectivity index is 1.42. The Labute approximate surface area is 159 Å². The molecule has 0 amide bonds. The molecule has 0 N–H and O–H groups in total. The molecule has 2 saturated heterocycles. The van der Waals surface area contributed by atoms with Gasteiger partial charge in [-0.05, 0) is 12.1 Å². The van der Waals surface area contributed by atoms with Gasteiger partial charge in [0.1, 0.15) is 6.07 Å². The molecule has 2 aliphatic heterocycles. The van der Waals surface area contributed by atoms with Crippen LogP contribution >= 0.6 is 0 Å². The lowest BCUT2D eigenvalue weighted by molar-refractivity contribution is 0.0684. The zero-order valence-electron chi connectivity index (χ0n) is 15.1. The second kappa shape index (κ2) is 7.58. The number of piperazine rings is 1. The normalized spacial score (nSPS) is 20.7. The Bertz CT molecular complexity index is 951. The van der Waals surface area contributed by atoms with E-state index in [9.17, 15) is 13.7 Å². The molecule has 0 unspecified atom stereocenters. The van der Waals surface area contributed by atoms with Crippen LogP contribution in [0, 0.1) is 11.3 Å². The van der Waals surface area contributed by atoms with Gasteiger partial charge in [0.15, 0.2) is 0 Å². The van der Waals surface area contributed by atoms with Crippen LogP contribution in [0.3, 0.4) is 0 Å². The second-order valence-electron chi connectivity index (χ2n) is 6.83. The number of hydrogen-bond donors (Lipinski definition) is 0. The molecule has 2 aromatic heterocycles. The van der Waals surface area contributed by atoms with Crippen LogP contribution in [0.4, 0.5) is 0 Å². The van der Waals surface area contributed by atoms with E-state index in [0.29, 0.717) is 64.6 Å².